The molecule has 25 heavy (non-hydrogen) atoms. The van der Waals surface area contributed by atoms with Crippen LogP contribution < -0.4 is 0 Å². The Bertz CT molecular complexity index is 990. The summed E-state index contributed by atoms with van der Waals surface area (Å²) in [6.45, 7) is 0. The van der Waals surface area contributed by atoms with Gasteiger partial charge in [-0.3, -0.25) is 0 Å². The van der Waals surface area contributed by atoms with Crippen LogP contribution in [0.5, 0.6) is 0 Å². The van der Waals surface area contributed by atoms with Gasteiger partial charge in [-0.1, -0.05) is 0 Å². The maximum Gasteiger partial charge on any atom is 0.0658 e. The first kappa shape index (κ1) is 15.6. The van der Waals surface area contributed by atoms with Crippen molar-refractivity contribution in [3.05, 3.63) is 71.3 Å². The molecule has 5 heterocycles. The van der Waals surface area contributed by atoms with E-state index in [2.05, 4.69) is 44.2 Å². The first-order chi connectivity index (χ1) is 11.8. The van der Waals surface area contributed by atoms with E-state index in [0.29, 0.717) is 0 Å². The Hall–Kier alpha value is -2.91. The summed E-state index contributed by atoms with van der Waals surface area (Å²) in [6.07, 6.45) is 8.09. The molecule has 0 fully saturated rings. The molecule has 3 aromatic heterocycles. The van der Waals surface area contributed by atoms with Gasteiger partial charge >= 0.3 is 0 Å². The number of aromatic amines is 2. The summed E-state index contributed by atoms with van der Waals surface area (Å²) in [5.41, 5.74) is 7.86. The number of nitrogens with one attached hydrogen (secondary N) is 2. The summed E-state index contributed by atoms with van der Waals surface area (Å²) in [5.74, 6) is 0. The van der Waals surface area contributed by atoms with Crippen molar-refractivity contribution in [2.24, 2.45) is 0 Å². The molecular formula is C20H14N4Ni. The summed E-state index contributed by atoms with van der Waals surface area (Å²) >= 11 is 0. The van der Waals surface area contributed by atoms with E-state index >= 15 is 0 Å². The summed E-state index contributed by atoms with van der Waals surface area (Å²) in [6, 6.07) is 16.4. The summed E-state index contributed by atoms with van der Waals surface area (Å²) in [4.78, 5) is 16.0. The molecule has 8 bridgehead atoms. The van der Waals surface area contributed by atoms with Crippen LogP contribution in [-0.4, -0.2) is 19.9 Å². The van der Waals surface area contributed by atoms with E-state index < -0.39 is 0 Å². The third-order valence-corrected chi connectivity index (χ3v) is 4.04. The number of rotatable bonds is 0. The first-order valence-corrected chi connectivity index (χ1v) is 7.85. The Morgan fingerprint density at radius 2 is 0.760 bits per heavy atom. The molecule has 0 saturated carbocycles. The molecule has 2 aliphatic heterocycles. The molecule has 0 radical (unpaired) electrons. The van der Waals surface area contributed by atoms with Gasteiger partial charge in [0.2, 0.25) is 0 Å². The Kier molecular flexibility index (Phi) is 3.87. The largest absolute Gasteiger partial charge is 0.355 e. The smallest absolute Gasteiger partial charge is 0.0658 e. The molecule has 0 atom stereocenters. The Morgan fingerprint density at radius 3 is 1.04 bits per heavy atom. The Balaban J connectivity index is 0.00000157. The van der Waals surface area contributed by atoms with Crippen LogP contribution in [0.15, 0.2) is 48.5 Å². The second-order valence-electron chi connectivity index (χ2n) is 5.91. The van der Waals surface area contributed by atoms with E-state index in [-0.39, 0.29) is 16.5 Å². The molecule has 5 rings (SSSR count). The SMILES string of the molecule is C1=Cc2cc3ccc(cc4nc(cc5ccc(cc1n2)[nH]5)C=C4)[nH]3.[Ni]. The molecule has 5 heteroatoms. The molecule has 2 aliphatic rings. The van der Waals surface area contributed by atoms with E-state index in [4.69, 9.17) is 0 Å². The van der Waals surface area contributed by atoms with Gasteiger partial charge in [-0.05, 0) is 72.8 Å². The number of H-pyrrole nitrogens is 2. The third kappa shape index (κ3) is 3.19. The average molecular weight is 369 g/mol. The third-order valence-electron chi connectivity index (χ3n) is 4.04. The average Bonchev–Trinajstić information content (AvgIpc) is 3.32. The van der Waals surface area contributed by atoms with Crippen molar-refractivity contribution in [2.75, 3.05) is 0 Å². The zero-order valence-electron chi connectivity index (χ0n) is 13.1. The molecule has 0 aliphatic carbocycles. The minimum Gasteiger partial charge on any atom is -0.355 e. The number of nitrogens with zero attached hydrogens (tertiary/aromatic N) is 2. The molecule has 0 amide bonds. The zero-order valence-corrected chi connectivity index (χ0v) is 14.1. The van der Waals surface area contributed by atoms with E-state index in [0.717, 1.165) is 44.8 Å². The van der Waals surface area contributed by atoms with Crippen LogP contribution in [0.1, 0.15) is 22.8 Å². The fourth-order valence-electron chi connectivity index (χ4n) is 2.94. The van der Waals surface area contributed by atoms with Gasteiger partial charge in [-0.15, -0.1) is 0 Å². The molecule has 0 aromatic carbocycles. The minimum atomic E-state index is 0. The molecule has 0 saturated heterocycles. The van der Waals surface area contributed by atoms with Gasteiger partial charge in [0, 0.05) is 38.6 Å². The fourth-order valence-corrected chi connectivity index (χ4v) is 2.94. The van der Waals surface area contributed by atoms with Crippen molar-refractivity contribution >= 4 is 46.4 Å². The normalized spacial score (nSPS) is 12.2. The minimum absolute atomic E-state index is 0. The molecule has 4 nitrogen and oxygen atoms in total. The number of fused-ring (bicyclic) bond motifs is 8. The van der Waals surface area contributed by atoms with E-state index in [9.17, 15) is 0 Å². The maximum absolute atomic E-state index is 4.63. The van der Waals surface area contributed by atoms with Crippen LogP contribution in [0.2, 0.25) is 0 Å². The van der Waals surface area contributed by atoms with Crippen molar-refractivity contribution in [3.63, 3.8) is 0 Å². The first-order valence-electron chi connectivity index (χ1n) is 7.85. The van der Waals surface area contributed by atoms with Crippen LogP contribution in [0.25, 0.3) is 46.4 Å². The summed E-state index contributed by atoms with van der Waals surface area (Å²) in [7, 11) is 0. The summed E-state index contributed by atoms with van der Waals surface area (Å²) < 4.78 is 0. The predicted molar refractivity (Wildman–Crippen MR) is 98.9 cm³/mol. The van der Waals surface area contributed by atoms with E-state index in [1.807, 2.05) is 48.6 Å². The predicted octanol–water partition coefficient (Wildman–Crippen LogP) is 4.65. The van der Waals surface area contributed by atoms with Gasteiger partial charge in [0.15, 0.2) is 0 Å². The van der Waals surface area contributed by atoms with Crippen LogP contribution in [0.3, 0.4) is 0 Å². The van der Waals surface area contributed by atoms with Crippen molar-refractivity contribution < 1.29 is 16.5 Å². The van der Waals surface area contributed by atoms with Crippen molar-refractivity contribution in [1.29, 1.82) is 0 Å². The second kappa shape index (κ2) is 6.19. The van der Waals surface area contributed by atoms with Crippen LogP contribution in [-0.2, 0) is 16.5 Å². The van der Waals surface area contributed by atoms with Crippen LogP contribution in [0.4, 0.5) is 0 Å². The van der Waals surface area contributed by atoms with Gasteiger partial charge in [0.1, 0.15) is 0 Å². The summed E-state index contributed by atoms with van der Waals surface area (Å²) in [5, 5.41) is 0. The Labute approximate surface area is 154 Å². The molecule has 0 spiro atoms. The van der Waals surface area contributed by atoms with E-state index in [1.165, 1.54) is 0 Å². The van der Waals surface area contributed by atoms with Gasteiger partial charge in [0.05, 0.1) is 22.8 Å². The van der Waals surface area contributed by atoms with Gasteiger partial charge in [0.25, 0.3) is 0 Å². The van der Waals surface area contributed by atoms with Crippen molar-refractivity contribution in [3.8, 4) is 0 Å². The number of hydrogen-bond acceptors (Lipinski definition) is 2. The monoisotopic (exact) mass is 368 g/mol. The fraction of sp³-hybridized carbons (Fsp3) is 0. The molecule has 2 N–H and O–H groups in total. The molecule has 124 valence electrons. The Morgan fingerprint density at radius 1 is 0.480 bits per heavy atom. The second-order valence-corrected chi connectivity index (χ2v) is 5.91. The quantitative estimate of drug-likeness (QED) is 0.391. The topological polar surface area (TPSA) is 57.4 Å². The van der Waals surface area contributed by atoms with Crippen molar-refractivity contribution in [2.45, 2.75) is 0 Å². The zero-order chi connectivity index (χ0) is 15.9. The van der Waals surface area contributed by atoms with Crippen molar-refractivity contribution in [1.82, 2.24) is 19.9 Å². The van der Waals surface area contributed by atoms with Crippen LogP contribution >= 0.6 is 0 Å². The number of hydrogen-bond donors (Lipinski definition) is 2. The van der Waals surface area contributed by atoms with Crippen LogP contribution in [0, 0.1) is 0 Å². The molecule has 0 unspecified atom stereocenters. The van der Waals surface area contributed by atoms with Gasteiger partial charge in [-0.2, -0.15) is 0 Å². The van der Waals surface area contributed by atoms with Gasteiger partial charge < -0.3 is 9.97 Å². The maximum atomic E-state index is 4.63. The van der Waals surface area contributed by atoms with Gasteiger partial charge in [-0.25, -0.2) is 9.97 Å². The number of aromatic nitrogens is 4. The van der Waals surface area contributed by atoms with E-state index in [1.54, 1.807) is 0 Å². The standard InChI is InChI=1S/C20H14N4.Ni/c1-2-14-10-16-5-6-18(23-16)12-20-8-7-19(24-20)11-17-4-3-15(22-17)9-13(1)21-14;/h1-12,21,24H;. The molecular weight excluding hydrogens is 355 g/mol. The molecule has 3 aromatic rings.